The zero-order valence-electron chi connectivity index (χ0n) is 13.0. The van der Waals surface area contributed by atoms with Gasteiger partial charge in [-0.15, -0.1) is 0 Å². The molecule has 2 heterocycles. The number of methoxy groups -OCH3 is 1. The number of hydrogen-bond acceptors (Lipinski definition) is 3. The van der Waals surface area contributed by atoms with Crippen molar-refractivity contribution in [3.05, 3.63) is 30.1 Å². The summed E-state index contributed by atoms with van der Waals surface area (Å²) in [6, 6.07) is 5.28. The molecule has 1 aliphatic carbocycles. The summed E-state index contributed by atoms with van der Waals surface area (Å²) in [5.74, 6) is 0. The zero-order chi connectivity index (χ0) is 14.7. The maximum Gasteiger partial charge on any atom is 0.0928 e. The van der Waals surface area contributed by atoms with E-state index in [2.05, 4.69) is 34.1 Å². The minimum Gasteiger partial charge on any atom is -0.385 e. The maximum absolute atomic E-state index is 5.13. The summed E-state index contributed by atoms with van der Waals surface area (Å²) in [4.78, 5) is 4.61. The van der Waals surface area contributed by atoms with Crippen LogP contribution >= 0.6 is 0 Å². The number of rotatable bonds is 8. The van der Waals surface area contributed by atoms with Crippen molar-refractivity contribution in [1.29, 1.82) is 0 Å². The van der Waals surface area contributed by atoms with Gasteiger partial charge in [-0.3, -0.25) is 4.98 Å². The van der Waals surface area contributed by atoms with Gasteiger partial charge in [0.15, 0.2) is 0 Å². The van der Waals surface area contributed by atoms with Crippen LogP contribution in [-0.4, -0.2) is 29.3 Å². The lowest BCUT2D eigenvalue weighted by atomic mass is 10.1. The minimum absolute atomic E-state index is 0.370. The van der Waals surface area contributed by atoms with Gasteiger partial charge in [0, 0.05) is 50.3 Å². The molecule has 1 N–H and O–H groups in total. The van der Waals surface area contributed by atoms with Crippen molar-refractivity contribution in [2.45, 2.75) is 51.2 Å². The van der Waals surface area contributed by atoms with Crippen LogP contribution in [0.3, 0.4) is 0 Å². The van der Waals surface area contributed by atoms with Crippen LogP contribution < -0.4 is 5.32 Å². The first-order chi connectivity index (χ1) is 10.3. The van der Waals surface area contributed by atoms with E-state index in [0.717, 1.165) is 31.5 Å². The molecular formula is C17H25N3O. The van der Waals surface area contributed by atoms with Gasteiger partial charge >= 0.3 is 0 Å². The Morgan fingerprint density at radius 3 is 3.05 bits per heavy atom. The largest absolute Gasteiger partial charge is 0.385 e. The average molecular weight is 287 g/mol. The Kier molecular flexibility index (Phi) is 4.56. The molecule has 114 valence electrons. The second-order valence-electron chi connectivity index (χ2n) is 6.01. The molecule has 1 fully saturated rings. The van der Waals surface area contributed by atoms with Crippen LogP contribution in [0.2, 0.25) is 0 Å². The Bertz CT molecular complexity index is 589. The van der Waals surface area contributed by atoms with E-state index in [0.29, 0.717) is 12.1 Å². The highest BCUT2D eigenvalue weighted by Crippen LogP contribution is 2.28. The SMILES string of the molecule is COCCCCn1cc(C(C)NC2CC2)c2ncccc21. The number of ether oxygens (including phenoxy) is 1. The minimum atomic E-state index is 0.370. The first kappa shape index (κ1) is 14.5. The molecule has 1 saturated carbocycles. The molecule has 0 spiro atoms. The monoisotopic (exact) mass is 287 g/mol. The lowest BCUT2D eigenvalue weighted by Crippen LogP contribution is -2.20. The number of fused-ring (bicyclic) bond motifs is 1. The highest BCUT2D eigenvalue weighted by atomic mass is 16.5. The van der Waals surface area contributed by atoms with E-state index in [1.165, 1.54) is 23.9 Å². The summed E-state index contributed by atoms with van der Waals surface area (Å²) < 4.78 is 7.48. The highest BCUT2D eigenvalue weighted by molar-refractivity contribution is 5.80. The Morgan fingerprint density at radius 1 is 1.43 bits per heavy atom. The molecule has 2 aromatic heterocycles. The van der Waals surface area contributed by atoms with Gasteiger partial charge in [0.1, 0.15) is 0 Å². The maximum atomic E-state index is 5.13. The summed E-state index contributed by atoms with van der Waals surface area (Å²) in [5, 5.41) is 3.68. The molecule has 0 radical (unpaired) electrons. The Morgan fingerprint density at radius 2 is 2.29 bits per heavy atom. The third-order valence-electron chi connectivity index (χ3n) is 4.19. The van der Waals surface area contributed by atoms with Crippen molar-refractivity contribution in [2.75, 3.05) is 13.7 Å². The van der Waals surface area contributed by atoms with E-state index in [9.17, 15) is 0 Å². The lowest BCUT2D eigenvalue weighted by Gasteiger charge is -2.11. The van der Waals surface area contributed by atoms with Gasteiger partial charge < -0.3 is 14.6 Å². The molecule has 0 aliphatic heterocycles. The van der Waals surface area contributed by atoms with Gasteiger partial charge in [0.2, 0.25) is 0 Å². The Balaban J connectivity index is 1.79. The topological polar surface area (TPSA) is 39.1 Å². The van der Waals surface area contributed by atoms with Crippen LogP contribution in [-0.2, 0) is 11.3 Å². The van der Waals surface area contributed by atoms with E-state index >= 15 is 0 Å². The normalized spacial score (nSPS) is 16.5. The van der Waals surface area contributed by atoms with Crippen LogP contribution in [0.1, 0.15) is 44.2 Å². The third-order valence-corrected chi connectivity index (χ3v) is 4.19. The molecular weight excluding hydrogens is 262 g/mol. The zero-order valence-corrected chi connectivity index (χ0v) is 13.0. The van der Waals surface area contributed by atoms with Crippen molar-refractivity contribution in [3.63, 3.8) is 0 Å². The molecule has 1 atom stereocenters. The fourth-order valence-corrected chi connectivity index (χ4v) is 2.87. The molecule has 0 amide bonds. The van der Waals surface area contributed by atoms with Crippen molar-refractivity contribution in [3.8, 4) is 0 Å². The standard InChI is InChI=1S/C17H25N3O/c1-13(19-14-7-8-14)15-12-20(10-3-4-11-21-2)16-6-5-9-18-17(15)16/h5-6,9,12-14,19H,3-4,7-8,10-11H2,1-2H3. The summed E-state index contributed by atoms with van der Waals surface area (Å²) in [6.45, 7) is 4.11. The molecule has 3 rings (SSSR count). The van der Waals surface area contributed by atoms with Crippen molar-refractivity contribution in [2.24, 2.45) is 0 Å². The van der Waals surface area contributed by atoms with Gasteiger partial charge in [-0.1, -0.05) is 0 Å². The number of hydrogen-bond donors (Lipinski definition) is 1. The molecule has 21 heavy (non-hydrogen) atoms. The molecule has 4 nitrogen and oxygen atoms in total. The molecule has 2 aromatic rings. The van der Waals surface area contributed by atoms with Crippen LogP contribution in [0.5, 0.6) is 0 Å². The van der Waals surface area contributed by atoms with E-state index in [4.69, 9.17) is 4.74 Å². The van der Waals surface area contributed by atoms with Gasteiger partial charge in [-0.05, 0) is 44.7 Å². The van der Waals surface area contributed by atoms with Crippen LogP contribution in [0.15, 0.2) is 24.5 Å². The van der Waals surface area contributed by atoms with Gasteiger partial charge in [-0.25, -0.2) is 0 Å². The summed E-state index contributed by atoms with van der Waals surface area (Å²) in [7, 11) is 1.76. The molecule has 1 aliphatic rings. The third kappa shape index (κ3) is 3.44. The van der Waals surface area contributed by atoms with Gasteiger partial charge in [0.05, 0.1) is 11.0 Å². The predicted octanol–water partition coefficient (Wildman–Crippen LogP) is 3.28. The molecule has 0 saturated heterocycles. The van der Waals surface area contributed by atoms with Crippen molar-refractivity contribution >= 4 is 11.0 Å². The number of nitrogens with one attached hydrogen (secondary N) is 1. The van der Waals surface area contributed by atoms with E-state index in [1.54, 1.807) is 7.11 Å². The van der Waals surface area contributed by atoms with E-state index < -0.39 is 0 Å². The molecule has 1 unspecified atom stereocenters. The van der Waals surface area contributed by atoms with Crippen LogP contribution in [0, 0.1) is 0 Å². The Hall–Kier alpha value is -1.39. The first-order valence-electron chi connectivity index (χ1n) is 7.98. The lowest BCUT2D eigenvalue weighted by molar-refractivity contribution is 0.191. The molecule has 0 bridgehead atoms. The summed E-state index contributed by atoms with van der Waals surface area (Å²) in [6.07, 6.45) is 9.04. The molecule has 0 aromatic carbocycles. The number of pyridine rings is 1. The summed E-state index contributed by atoms with van der Waals surface area (Å²) in [5.41, 5.74) is 3.71. The highest BCUT2D eigenvalue weighted by Gasteiger charge is 2.25. The van der Waals surface area contributed by atoms with Gasteiger partial charge in [0.25, 0.3) is 0 Å². The van der Waals surface area contributed by atoms with E-state index in [1.807, 2.05) is 12.3 Å². The first-order valence-corrected chi connectivity index (χ1v) is 7.98. The number of nitrogens with zero attached hydrogens (tertiary/aromatic N) is 2. The van der Waals surface area contributed by atoms with Crippen LogP contribution in [0.4, 0.5) is 0 Å². The second kappa shape index (κ2) is 6.58. The number of aryl methyl sites for hydroxylation is 1. The average Bonchev–Trinajstić information content (AvgIpc) is 3.23. The summed E-state index contributed by atoms with van der Waals surface area (Å²) >= 11 is 0. The van der Waals surface area contributed by atoms with Crippen molar-refractivity contribution < 1.29 is 4.74 Å². The Labute approximate surface area is 126 Å². The fraction of sp³-hybridized carbons (Fsp3) is 0.588. The number of aromatic nitrogens is 2. The van der Waals surface area contributed by atoms with E-state index in [-0.39, 0.29) is 0 Å². The van der Waals surface area contributed by atoms with Crippen LogP contribution in [0.25, 0.3) is 11.0 Å². The predicted molar refractivity (Wildman–Crippen MR) is 85.4 cm³/mol. The second-order valence-corrected chi connectivity index (χ2v) is 6.01. The quantitative estimate of drug-likeness (QED) is 0.757. The fourth-order valence-electron chi connectivity index (χ4n) is 2.87. The number of unbranched alkanes of at least 4 members (excludes halogenated alkanes) is 1. The van der Waals surface area contributed by atoms with Gasteiger partial charge in [-0.2, -0.15) is 0 Å². The molecule has 4 heteroatoms. The smallest absolute Gasteiger partial charge is 0.0928 e. The van der Waals surface area contributed by atoms with Crippen molar-refractivity contribution in [1.82, 2.24) is 14.9 Å².